The molecule has 3 N–H and O–H groups in total. The molecule has 0 heterocycles. The molecular formula is C11H14ClN3O2. The molecule has 5 nitrogen and oxygen atoms in total. The van der Waals surface area contributed by atoms with Gasteiger partial charge in [-0.25, -0.2) is 5.84 Å². The highest BCUT2D eigenvalue weighted by Gasteiger charge is 2.22. The summed E-state index contributed by atoms with van der Waals surface area (Å²) in [6, 6.07) is 6.83. The van der Waals surface area contributed by atoms with Crippen LogP contribution < -0.4 is 11.3 Å². The first kappa shape index (κ1) is 13.5. The summed E-state index contributed by atoms with van der Waals surface area (Å²) in [6.45, 7) is 1.81. The molecule has 1 unspecified atom stereocenters. The van der Waals surface area contributed by atoms with E-state index in [0.717, 1.165) is 5.56 Å². The van der Waals surface area contributed by atoms with Crippen molar-refractivity contribution in [3.63, 3.8) is 0 Å². The molecule has 0 fully saturated rings. The number of carbonyl (C=O) groups excluding carboxylic acids is 2. The molecule has 0 spiro atoms. The van der Waals surface area contributed by atoms with Crippen LogP contribution in [0.4, 0.5) is 0 Å². The first-order valence-electron chi connectivity index (χ1n) is 5.00. The number of hydrogen-bond acceptors (Lipinski definition) is 3. The van der Waals surface area contributed by atoms with Crippen LogP contribution in [-0.2, 0) is 9.59 Å². The average molecular weight is 256 g/mol. The molecule has 0 saturated heterocycles. The van der Waals surface area contributed by atoms with Gasteiger partial charge in [0, 0.05) is 12.1 Å². The predicted octanol–water partition coefficient (Wildman–Crippen LogP) is 0.849. The Morgan fingerprint density at radius 1 is 1.35 bits per heavy atom. The Bertz CT molecular complexity index is 419. The van der Waals surface area contributed by atoms with Gasteiger partial charge in [-0.3, -0.25) is 15.0 Å². The Morgan fingerprint density at radius 3 is 2.35 bits per heavy atom. The van der Waals surface area contributed by atoms with Crippen LogP contribution in [0, 0.1) is 0 Å². The van der Waals surface area contributed by atoms with Gasteiger partial charge in [-0.2, -0.15) is 0 Å². The summed E-state index contributed by atoms with van der Waals surface area (Å²) in [6.07, 6.45) is 0. The zero-order chi connectivity index (χ0) is 13.0. The maximum Gasteiger partial charge on any atom is 0.323 e. The number of nitrogens with two attached hydrogens (primary N) is 1. The van der Waals surface area contributed by atoms with E-state index in [0.29, 0.717) is 5.02 Å². The monoisotopic (exact) mass is 255 g/mol. The molecule has 0 aliphatic rings. The first-order valence-corrected chi connectivity index (χ1v) is 5.38. The van der Waals surface area contributed by atoms with Crippen molar-refractivity contribution >= 4 is 23.4 Å². The van der Waals surface area contributed by atoms with E-state index in [9.17, 15) is 9.59 Å². The van der Waals surface area contributed by atoms with Gasteiger partial charge >= 0.3 is 11.8 Å². The number of nitrogens with zero attached hydrogens (tertiary/aromatic N) is 1. The molecule has 6 heteroatoms. The van der Waals surface area contributed by atoms with E-state index in [2.05, 4.69) is 0 Å². The van der Waals surface area contributed by atoms with Crippen LogP contribution in [0.3, 0.4) is 0 Å². The third-order valence-electron chi connectivity index (χ3n) is 2.58. The van der Waals surface area contributed by atoms with Gasteiger partial charge in [-0.05, 0) is 24.6 Å². The highest BCUT2D eigenvalue weighted by atomic mass is 35.5. The Kier molecular flexibility index (Phi) is 4.48. The molecule has 0 saturated carbocycles. The number of halogens is 1. The topological polar surface area (TPSA) is 75.4 Å². The molecule has 1 aromatic rings. The highest BCUT2D eigenvalue weighted by molar-refractivity contribution is 6.34. The molecule has 2 amide bonds. The second-order valence-electron chi connectivity index (χ2n) is 3.62. The number of rotatable bonds is 2. The van der Waals surface area contributed by atoms with Gasteiger partial charge in [0.15, 0.2) is 0 Å². The standard InChI is InChI=1S/C11H14ClN3O2/c1-7(8-3-5-9(12)6-4-8)15(2)11(17)10(16)14-13/h3-7H,13H2,1-2H3,(H,14,16). The molecule has 0 aromatic heterocycles. The molecule has 17 heavy (non-hydrogen) atoms. The van der Waals surface area contributed by atoms with E-state index in [1.54, 1.807) is 24.3 Å². The number of hydrazine groups is 1. The Morgan fingerprint density at radius 2 is 1.88 bits per heavy atom. The van der Waals surface area contributed by atoms with E-state index in [1.165, 1.54) is 11.9 Å². The summed E-state index contributed by atoms with van der Waals surface area (Å²) in [5.74, 6) is 3.38. The lowest BCUT2D eigenvalue weighted by Gasteiger charge is -2.24. The summed E-state index contributed by atoms with van der Waals surface area (Å²) in [5.41, 5.74) is 2.69. The lowest BCUT2D eigenvalue weighted by Crippen LogP contribution is -2.44. The molecule has 0 aliphatic carbocycles. The molecule has 1 atom stereocenters. The van der Waals surface area contributed by atoms with E-state index >= 15 is 0 Å². The smallest absolute Gasteiger partial charge is 0.323 e. The summed E-state index contributed by atoms with van der Waals surface area (Å²) in [5, 5.41) is 0.620. The third kappa shape index (κ3) is 3.18. The molecular weight excluding hydrogens is 242 g/mol. The second kappa shape index (κ2) is 5.65. The number of amides is 2. The van der Waals surface area contributed by atoms with Crippen LogP contribution in [0.15, 0.2) is 24.3 Å². The van der Waals surface area contributed by atoms with Crippen LogP contribution in [0.2, 0.25) is 5.02 Å². The minimum atomic E-state index is -0.840. The Hall–Kier alpha value is -1.59. The maximum atomic E-state index is 11.6. The minimum Gasteiger partial charge on any atom is -0.331 e. The van der Waals surface area contributed by atoms with Gasteiger partial charge < -0.3 is 4.90 Å². The lowest BCUT2D eigenvalue weighted by molar-refractivity contribution is -0.146. The summed E-state index contributed by atoms with van der Waals surface area (Å²) >= 11 is 5.77. The van der Waals surface area contributed by atoms with E-state index in [-0.39, 0.29) is 6.04 Å². The molecule has 0 bridgehead atoms. The summed E-state index contributed by atoms with van der Waals surface area (Å²) in [4.78, 5) is 24.0. The zero-order valence-corrected chi connectivity index (χ0v) is 10.4. The predicted molar refractivity (Wildman–Crippen MR) is 65.0 cm³/mol. The first-order chi connectivity index (χ1) is 7.97. The number of hydrogen-bond donors (Lipinski definition) is 2. The van der Waals surface area contributed by atoms with Crippen molar-refractivity contribution in [2.75, 3.05) is 7.05 Å². The zero-order valence-electron chi connectivity index (χ0n) is 9.61. The number of likely N-dealkylation sites (N-methyl/N-ethyl adjacent to an activating group) is 1. The number of benzene rings is 1. The Labute approximate surface area is 105 Å². The fraction of sp³-hybridized carbons (Fsp3) is 0.273. The largest absolute Gasteiger partial charge is 0.331 e. The third-order valence-corrected chi connectivity index (χ3v) is 2.83. The number of nitrogens with one attached hydrogen (secondary N) is 1. The molecule has 0 aliphatic heterocycles. The van der Waals surface area contributed by atoms with Gasteiger partial charge in [0.25, 0.3) is 0 Å². The Balaban J connectivity index is 2.82. The van der Waals surface area contributed by atoms with Crippen molar-refractivity contribution in [3.8, 4) is 0 Å². The average Bonchev–Trinajstić information content (AvgIpc) is 2.36. The fourth-order valence-corrected chi connectivity index (χ4v) is 1.49. The second-order valence-corrected chi connectivity index (χ2v) is 4.05. The highest BCUT2D eigenvalue weighted by Crippen LogP contribution is 2.20. The summed E-state index contributed by atoms with van der Waals surface area (Å²) in [7, 11) is 1.54. The van der Waals surface area contributed by atoms with Crippen molar-refractivity contribution < 1.29 is 9.59 Å². The maximum absolute atomic E-state index is 11.6. The molecule has 92 valence electrons. The van der Waals surface area contributed by atoms with Crippen molar-refractivity contribution in [3.05, 3.63) is 34.9 Å². The minimum absolute atomic E-state index is 0.239. The van der Waals surface area contributed by atoms with Gasteiger partial charge in [0.05, 0.1) is 6.04 Å². The van der Waals surface area contributed by atoms with Crippen LogP contribution in [0.5, 0.6) is 0 Å². The van der Waals surface area contributed by atoms with E-state index < -0.39 is 11.8 Å². The van der Waals surface area contributed by atoms with E-state index in [4.69, 9.17) is 17.4 Å². The number of carbonyl (C=O) groups is 2. The normalized spacial score (nSPS) is 11.8. The summed E-state index contributed by atoms with van der Waals surface area (Å²) < 4.78 is 0. The van der Waals surface area contributed by atoms with Gasteiger partial charge in [-0.1, -0.05) is 23.7 Å². The van der Waals surface area contributed by atoms with Crippen LogP contribution in [0.25, 0.3) is 0 Å². The quantitative estimate of drug-likeness (QED) is 0.356. The lowest BCUT2D eigenvalue weighted by atomic mass is 10.1. The SMILES string of the molecule is CC(c1ccc(Cl)cc1)N(C)C(=O)C(=O)NN. The van der Waals surface area contributed by atoms with Crippen molar-refractivity contribution in [2.45, 2.75) is 13.0 Å². The fourth-order valence-electron chi connectivity index (χ4n) is 1.36. The van der Waals surface area contributed by atoms with Crippen LogP contribution >= 0.6 is 11.6 Å². The van der Waals surface area contributed by atoms with E-state index in [1.807, 2.05) is 12.3 Å². The molecule has 1 aromatic carbocycles. The van der Waals surface area contributed by atoms with Crippen LogP contribution in [-0.4, -0.2) is 23.8 Å². The van der Waals surface area contributed by atoms with Crippen molar-refractivity contribution in [1.29, 1.82) is 0 Å². The van der Waals surface area contributed by atoms with Gasteiger partial charge in [-0.15, -0.1) is 0 Å². The van der Waals surface area contributed by atoms with Crippen LogP contribution in [0.1, 0.15) is 18.5 Å². The van der Waals surface area contributed by atoms with Crippen molar-refractivity contribution in [1.82, 2.24) is 10.3 Å². The molecule has 0 radical (unpaired) electrons. The van der Waals surface area contributed by atoms with Gasteiger partial charge in [0.1, 0.15) is 0 Å². The molecule has 1 rings (SSSR count). The van der Waals surface area contributed by atoms with Crippen molar-refractivity contribution in [2.24, 2.45) is 5.84 Å². The van der Waals surface area contributed by atoms with Gasteiger partial charge in [0.2, 0.25) is 0 Å².